The van der Waals surface area contributed by atoms with Gasteiger partial charge in [-0.3, -0.25) is 4.79 Å². The number of nitrogens with one attached hydrogen (secondary N) is 1. The molecule has 0 aliphatic carbocycles. The fourth-order valence-electron chi connectivity index (χ4n) is 2.00. The highest BCUT2D eigenvalue weighted by atomic mass is 32.2. The van der Waals surface area contributed by atoms with Crippen LogP contribution in [0.3, 0.4) is 0 Å². The lowest BCUT2D eigenvalue weighted by molar-refractivity contribution is -0.113. The van der Waals surface area contributed by atoms with E-state index < -0.39 is 0 Å². The van der Waals surface area contributed by atoms with Gasteiger partial charge in [0.05, 0.1) is 11.4 Å². The third kappa shape index (κ3) is 5.14. The number of hydrogen-bond acceptors (Lipinski definition) is 3. The smallest absolute Gasteiger partial charge is 0.234 e. The van der Waals surface area contributed by atoms with E-state index in [4.69, 9.17) is 0 Å². The molecular weight excluding hydrogens is 298 g/mol. The molecule has 0 aliphatic rings. The van der Waals surface area contributed by atoms with Crippen molar-refractivity contribution < 1.29 is 4.79 Å². The summed E-state index contributed by atoms with van der Waals surface area (Å²) in [6, 6.07) is 16.3. The summed E-state index contributed by atoms with van der Waals surface area (Å²) in [5.41, 5.74) is 3.41. The first-order chi connectivity index (χ1) is 10.2. The average molecular weight is 317 g/mol. The first kappa shape index (κ1) is 16.0. The van der Waals surface area contributed by atoms with E-state index in [-0.39, 0.29) is 5.91 Å². The summed E-state index contributed by atoms with van der Waals surface area (Å²) in [5, 5.41) is 2.98. The molecule has 0 bridgehead atoms. The van der Waals surface area contributed by atoms with Crippen molar-refractivity contribution in [3.05, 3.63) is 59.7 Å². The molecule has 2 aromatic carbocycles. The Balaban J connectivity index is 1.82. The lowest BCUT2D eigenvalue weighted by Gasteiger charge is -2.09. The third-order valence-electron chi connectivity index (χ3n) is 2.97. The van der Waals surface area contributed by atoms with E-state index >= 15 is 0 Å². The molecule has 2 nitrogen and oxygen atoms in total. The van der Waals surface area contributed by atoms with Gasteiger partial charge in [0.1, 0.15) is 0 Å². The van der Waals surface area contributed by atoms with Gasteiger partial charge in [0.15, 0.2) is 0 Å². The standard InChI is InChI=1S/C17H19NOS2/c1-13-6-5-7-14(10-13)11-21-12-17(19)18-15-8-3-4-9-16(15)20-2/h3-10H,11-12H2,1-2H3,(H,18,19). The van der Waals surface area contributed by atoms with E-state index in [1.54, 1.807) is 23.5 Å². The molecule has 110 valence electrons. The number of amides is 1. The van der Waals surface area contributed by atoms with Gasteiger partial charge in [-0.15, -0.1) is 23.5 Å². The summed E-state index contributed by atoms with van der Waals surface area (Å²) in [7, 11) is 0. The number of thioether (sulfide) groups is 2. The molecule has 0 saturated carbocycles. The minimum absolute atomic E-state index is 0.0501. The molecule has 0 heterocycles. The second-order valence-corrected chi connectivity index (χ2v) is 6.56. The summed E-state index contributed by atoms with van der Waals surface area (Å²) in [6.07, 6.45) is 2.01. The van der Waals surface area contributed by atoms with Gasteiger partial charge in [-0.05, 0) is 30.9 Å². The number of rotatable bonds is 6. The predicted octanol–water partition coefficient (Wildman–Crippen LogP) is 4.59. The summed E-state index contributed by atoms with van der Waals surface area (Å²) >= 11 is 3.28. The van der Waals surface area contributed by atoms with E-state index in [0.29, 0.717) is 5.75 Å². The van der Waals surface area contributed by atoms with Crippen LogP contribution in [0, 0.1) is 6.92 Å². The molecule has 1 amide bonds. The van der Waals surface area contributed by atoms with Gasteiger partial charge in [0.2, 0.25) is 5.91 Å². The monoisotopic (exact) mass is 317 g/mol. The second kappa shape index (κ2) is 8.15. The van der Waals surface area contributed by atoms with Crippen LogP contribution in [0.25, 0.3) is 0 Å². The number of anilines is 1. The predicted molar refractivity (Wildman–Crippen MR) is 94.2 cm³/mol. The van der Waals surface area contributed by atoms with Gasteiger partial charge in [0.25, 0.3) is 0 Å². The zero-order chi connectivity index (χ0) is 15.1. The fourth-order valence-corrected chi connectivity index (χ4v) is 3.33. The second-order valence-electron chi connectivity index (χ2n) is 4.73. The molecule has 4 heteroatoms. The Kier molecular flexibility index (Phi) is 6.21. The van der Waals surface area contributed by atoms with Crippen LogP contribution in [0.4, 0.5) is 5.69 Å². The Labute approximate surface area is 134 Å². The number of aryl methyl sites for hydroxylation is 1. The van der Waals surface area contributed by atoms with E-state index in [1.165, 1.54) is 11.1 Å². The summed E-state index contributed by atoms with van der Waals surface area (Å²) in [6.45, 7) is 2.08. The highest BCUT2D eigenvalue weighted by Crippen LogP contribution is 2.24. The maximum atomic E-state index is 12.0. The molecule has 0 fully saturated rings. The van der Waals surface area contributed by atoms with Crippen molar-refractivity contribution in [1.29, 1.82) is 0 Å². The number of carbonyl (C=O) groups excluding carboxylic acids is 1. The molecule has 0 spiro atoms. The molecule has 21 heavy (non-hydrogen) atoms. The molecule has 0 saturated heterocycles. The Morgan fingerprint density at radius 3 is 2.71 bits per heavy atom. The SMILES string of the molecule is CSc1ccccc1NC(=O)CSCc1cccc(C)c1. The summed E-state index contributed by atoms with van der Waals surface area (Å²) in [5.74, 6) is 1.38. The quantitative estimate of drug-likeness (QED) is 0.790. The molecule has 0 radical (unpaired) electrons. The van der Waals surface area contributed by atoms with Crippen molar-refractivity contribution in [3.8, 4) is 0 Å². The largest absolute Gasteiger partial charge is 0.324 e. The highest BCUT2D eigenvalue weighted by Gasteiger charge is 2.06. The van der Waals surface area contributed by atoms with E-state index in [9.17, 15) is 4.79 Å². The lowest BCUT2D eigenvalue weighted by atomic mass is 10.2. The molecule has 2 aromatic rings. The Morgan fingerprint density at radius 2 is 1.95 bits per heavy atom. The zero-order valence-electron chi connectivity index (χ0n) is 12.3. The molecule has 0 aromatic heterocycles. The first-order valence-corrected chi connectivity index (χ1v) is 9.13. The van der Waals surface area contributed by atoms with E-state index in [0.717, 1.165) is 16.3 Å². The van der Waals surface area contributed by atoms with E-state index in [1.807, 2.05) is 30.5 Å². The van der Waals surface area contributed by atoms with Gasteiger partial charge in [-0.1, -0.05) is 42.0 Å². The third-order valence-corrected chi connectivity index (χ3v) is 4.77. The van der Waals surface area contributed by atoms with Crippen molar-refractivity contribution >= 4 is 35.1 Å². The Hall–Kier alpha value is -1.39. The van der Waals surface area contributed by atoms with Crippen molar-refractivity contribution in [3.63, 3.8) is 0 Å². The fraction of sp³-hybridized carbons (Fsp3) is 0.235. The number of para-hydroxylation sites is 1. The zero-order valence-corrected chi connectivity index (χ0v) is 13.9. The van der Waals surface area contributed by atoms with E-state index in [2.05, 4.69) is 36.5 Å². The van der Waals surface area contributed by atoms with Crippen LogP contribution in [0.2, 0.25) is 0 Å². The van der Waals surface area contributed by atoms with Crippen LogP contribution >= 0.6 is 23.5 Å². The van der Waals surface area contributed by atoms with Crippen molar-refractivity contribution in [2.24, 2.45) is 0 Å². The van der Waals surface area contributed by atoms with Crippen molar-refractivity contribution in [2.75, 3.05) is 17.3 Å². The van der Waals surface area contributed by atoms with Crippen molar-refractivity contribution in [2.45, 2.75) is 17.6 Å². The van der Waals surface area contributed by atoms with Crippen LogP contribution in [-0.4, -0.2) is 17.9 Å². The minimum atomic E-state index is 0.0501. The Bertz CT molecular complexity index is 613. The molecule has 0 atom stereocenters. The molecule has 2 rings (SSSR count). The van der Waals surface area contributed by atoms with Crippen LogP contribution in [0.5, 0.6) is 0 Å². The van der Waals surface area contributed by atoms with Gasteiger partial charge in [-0.25, -0.2) is 0 Å². The van der Waals surface area contributed by atoms with Crippen LogP contribution in [0.15, 0.2) is 53.4 Å². The van der Waals surface area contributed by atoms with Gasteiger partial charge in [-0.2, -0.15) is 0 Å². The molecular formula is C17H19NOS2. The highest BCUT2D eigenvalue weighted by molar-refractivity contribution is 7.99. The van der Waals surface area contributed by atoms with Gasteiger partial charge >= 0.3 is 0 Å². The number of benzene rings is 2. The minimum Gasteiger partial charge on any atom is -0.324 e. The summed E-state index contributed by atoms with van der Waals surface area (Å²) in [4.78, 5) is 13.1. The molecule has 0 unspecified atom stereocenters. The molecule has 0 aliphatic heterocycles. The normalized spacial score (nSPS) is 10.4. The lowest BCUT2D eigenvalue weighted by Crippen LogP contribution is -2.14. The van der Waals surface area contributed by atoms with Gasteiger partial charge < -0.3 is 5.32 Å². The summed E-state index contributed by atoms with van der Waals surface area (Å²) < 4.78 is 0. The van der Waals surface area contributed by atoms with Crippen molar-refractivity contribution in [1.82, 2.24) is 0 Å². The maximum Gasteiger partial charge on any atom is 0.234 e. The maximum absolute atomic E-state index is 12.0. The Morgan fingerprint density at radius 1 is 1.14 bits per heavy atom. The number of hydrogen-bond donors (Lipinski definition) is 1. The average Bonchev–Trinajstić information content (AvgIpc) is 2.48. The van der Waals surface area contributed by atoms with Crippen LogP contribution < -0.4 is 5.32 Å². The topological polar surface area (TPSA) is 29.1 Å². The van der Waals surface area contributed by atoms with Crippen LogP contribution in [0.1, 0.15) is 11.1 Å². The molecule has 1 N–H and O–H groups in total. The van der Waals surface area contributed by atoms with Gasteiger partial charge in [0, 0.05) is 10.6 Å². The number of carbonyl (C=O) groups is 1. The van der Waals surface area contributed by atoms with Crippen LogP contribution in [-0.2, 0) is 10.5 Å². The first-order valence-electron chi connectivity index (χ1n) is 6.75.